The summed E-state index contributed by atoms with van der Waals surface area (Å²) in [6.07, 6.45) is 0. The highest BCUT2D eigenvalue weighted by Crippen LogP contribution is 2.41. The average Bonchev–Trinajstić information content (AvgIpc) is 1.68. The van der Waals surface area contributed by atoms with Gasteiger partial charge in [0.05, 0.1) is 0 Å². The Morgan fingerprint density at radius 2 is 0.545 bits per heavy atom. The molecule has 0 atom stereocenters. The van der Waals surface area contributed by atoms with Crippen molar-refractivity contribution < 1.29 is 13.3 Å². The molecule has 110 heavy (non-hydrogen) atoms. The Morgan fingerprint density at radius 1 is 0.173 bits per heavy atom. The van der Waals surface area contributed by atoms with Crippen LogP contribution in [-0.4, -0.2) is 0 Å². The van der Waals surface area contributed by atoms with Crippen LogP contribution in [0.1, 0.15) is 38.9 Å². The predicted molar refractivity (Wildman–Crippen MR) is 483 cm³/mol. The van der Waals surface area contributed by atoms with Crippen molar-refractivity contribution in [1.29, 1.82) is 0 Å². The summed E-state index contributed by atoms with van der Waals surface area (Å²) in [6.45, 7) is 15.0. The molecule has 23 rings (SSSR count). The van der Waals surface area contributed by atoms with Gasteiger partial charge >= 0.3 is 0 Å². The highest BCUT2D eigenvalue weighted by atomic mass is 32.1. The van der Waals surface area contributed by atoms with Gasteiger partial charge in [-0.15, -0.1) is 45.3 Å². The van der Waals surface area contributed by atoms with E-state index in [1.165, 1.54) is 174 Å². The number of hydrogen-bond acceptors (Lipinski definition) is 7. The van der Waals surface area contributed by atoms with E-state index >= 15 is 0 Å². The molecule has 0 aliphatic carbocycles. The quantitative estimate of drug-likeness (QED) is 0.173. The molecule has 0 fully saturated rings. The molecule has 0 bridgehead atoms. The molecule has 532 valence electrons. The molecule has 23 aromatic rings. The van der Waals surface area contributed by atoms with Crippen molar-refractivity contribution in [3.63, 3.8) is 0 Å². The second-order valence-electron chi connectivity index (χ2n) is 28.2. The molecule has 0 spiro atoms. The second-order valence-corrected chi connectivity index (χ2v) is 32.5. The molecule has 7 heteroatoms. The van der Waals surface area contributed by atoms with E-state index in [-0.39, 0.29) is 0 Å². The first kappa shape index (κ1) is 70.8. The van der Waals surface area contributed by atoms with Crippen LogP contribution in [0.15, 0.2) is 359 Å². The molecule has 0 aliphatic rings. The van der Waals surface area contributed by atoms with E-state index in [9.17, 15) is 0 Å². The van der Waals surface area contributed by atoms with Crippen LogP contribution in [0.3, 0.4) is 0 Å². The predicted octanol–water partition coefficient (Wildman–Crippen LogP) is 32.5. The number of thiophene rings is 4. The lowest BCUT2D eigenvalue weighted by Crippen LogP contribution is -1.79. The Hall–Kier alpha value is -12.2. The van der Waals surface area contributed by atoms with Gasteiger partial charge in [0.2, 0.25) is 0 Å². The normalized spacial score (nSPS) is 11.2. The van der Waals surface area contributed by atoms with Crippen LogP contribution in [0.25, 0.3) is 169 Å². The van der Waals surface area contributed by atoms with Crippen molar-refractivity contribution in [3.05, 3.63) is 385 Å². The van der Waals surface area contributed by atoms with Crippen LogP contribution < -0.4 is 0 Å². The number of hydrogen-bond donors (Lipinski definition) is 0. The number of furan rings is 3. The number of benzene rings is 16. The van der Waals surface area contributed by atoms with Crippen molar-refractivity contribution in [3.8, 4) is 22.3 Å². The van der Waals surface area contributed by atoms with Crippen LogP contribution in [0.2, 0.25) is 0 Å². The van der Waals surface area contributed by atoms with E-state index < -0.39 is 0 Å². The molecule has 0 amide bonds. The monoisotopic (exact) mass is 1490 g/mol. The summed E-state index contributed by atoms with van der Waals surface area (Å²) in [7, 11) is 0. The van der Waals surface area contributed by atoms with Crippen LogP contribution in [0.4, 0.5) is 0 Å². The minimum Gasteiger partial charge on any atom is -0.456 e. The van der Waals surface area contributed by atoms with Gasteiger partial charge in [0.25, 0.3) is 0 Å². The Labute approximate surface area is 655 Å². The van der Waals surface area contributed by atoms with Gasteiger partial charge in [0.15, 0.2) is 0 Å². The number of para-hydroxylation sites is 3. The van der Waals surface area contributed by atoms with Gasteiger partial charge in [-0.25, -0.2) is 0 Å². The Balaban J connectivity index is 0.0000000941. The Bertz CT molecular complexity index is 7130. The molecule has 0 radical (unpaired) electrons. The van der Waals surface area contributed by atoms with E-state index in [1.54, 1.807) is 0 Å². The molecule has 3 nitrogen and oxygen atoms in total. The van der Waals surface area contributed by atoms with Gasteiger partial charge < -0.3 is 13.3 Å². The molecule has 16 aromatic carbocycles. The summed E-state index contributed by atoms with van der Waals surface area (Å²) in [4.78, 5) is 0. The lowest BCUT2D eigenvalue weighted by molar-refractivity contribution is 0.668. The average molecular weight is 1490 g/mol. The third kappa shape index (κ3) is 14.6. The topological polar surface area (TPSA) is 39.4 Å². The molecule has 0 saturated carbocycles. The fourth-order valence-corrected chi connectivity index (χ4v) is 19.5. The minimum absolute atomic E-state index is 0.946. The van der Waals surface area contributed by atoms with E-state index in [0.29, 0.717) is 0 Å². The summed E-state index contributed by atoms with van der Waals surface area (Å²) in [5.41, 5.74) is 19.9. The maximum Gasteiger partial charge on any atom is 0.135 e. The largest absolute Gasteiger partial charge is 0.456 e. The minimum atomic E-state index is 0.946. The van der Waals surface area contributed by atoms with Crippen LogP contribution in [0, 0.1) is 48.5 Å². The molecular weight excluding hydrogens is 1410 g/mol. The molecule has 0 unspecified atom stereocenters. The fraction of sp³-hybridized carbons (Fsp3) is 0.0680. The summed E-state index contributed by atoms with van der Waals surface area (Å²) >= 11 is 7.51. The van der Waals surface area contributed by atoms with Crippen LogP contribution in [0.5, 0.6) is 0 Å². The molecular formula is C103H78O3S4. The van der Waals surface area contributed by atoms with Gasteiger partial charge in [-0.05, 0) is 190 Å². The van der Waals surface area contributed by atoms with Crippen molar-refractivity contribution >= 4 is 192 Å². The van der Waals surface area contributed by atoms with E-state index in [4.69, 9.17) is 13.3 Å². The van der Waals surface area contributed by atoms with Gasteiger partial charge in [-0.1, -0.05) is 265 Å². The van der Waals surface area contributed by atoms with Crippen molar-refractivity contribution in [2.75, 3.05) is 0 Å². The highest BCUT2D eigenvalue weighted by Gasteiger charge is 2.13. The maximum absolute atomic E-state index is 5.87. The Morgan fingerprint density at radius 3 is 1.19 bits per heavy atom. The smallest absolute Gasteiger partial charge is 0.135 e. The van der Waals surface area contributed by atoms with Gasteiger partial charge in [-0.3, -0.25) is 0 Å². The van der Waals surface area contributed by atoms with E-state index in [2.05, 4.69) is 340 Å². The van der Waals surface area contributed by atoms with Crippen molar-refractivity contribution in [2.45, 2.75) is 48.5 Å². The molecule has 0 saturated heterocycles. The molecule has 7 aromatic heterocycles. The first-order valence-corrected chi connectivity index (χ1v) is 40.5. The zero-order chi connectivity index (χ0) is 74.8. The van der Waals surface area contributed by atoms with Gasteiger partial charge in [0.1, 0.15) is 33.5 Å². The molecule has 0 aliphatic heterocycles. The maximum atomic E-state index is 5.87. The zero-order valence-corrected chi connectivity index (χ0v) is 65.5. The molecule has 7 heterocycles. The zero-order valence-electron chi connectivity index (χ0n) is 62.3. The van der Waals surface area contributed by atoms with Crippen LogP contribution >= 0.6 is 45.3 Å². The molecule has 0 N–H and O–H groups in total. The third-order valence-corrected chi connectivity index (χ3v) is 25.1. The summed E-state index contributed by atoms with van der Waals surface area (Å²) in [5.74, 6) is 0. The van der Waals surface area contributed by atoms with E-state index in [0.717, 1.165) is 33.5 Å². The number of rotatable bonds is 2. The standard InChI is InChI=1S/2C19H14O.C13H10O.4C13H10S/c1-13-5-4-6-14(11-13)15-9-10-19-17(12-15)16-7-2-3-8-18(16)20-19;1-13-6-8-14(9-7-13)15-10-11-19-17(12-15)16-4-2-3-5-18(16)20-19;1-9-5-4-8-12-13(9)10-6-2-3-7-11(10)14-12;1-9-5-4-7-11-10-6-2-3-8-12(10)14-13(9)11;1-9-5-4-8-12-13(9)10-6-2-3-7-11(10)14-12;1-9-6-7-13-11(8-9)10-4-2-3-5-12(10)14-13;1-9-6-7-11-10-4-2-3-5-12(10)14-13(11)8-9/h2*2-12H,1H3;5*2-8H,1H3. The lowest BCUT2D eigenvalue weighted by atomic mass is 10.0. The fourth-order valence-electron chi connectivity index (χ4n) is 14.8. The first-order valence-electron chi connectivity index (χ1n) is 37.2. The first-order chi connectivity index (χ1) is 53.9. The second kappa shape index (κ2) is 31.2. The third-order valence-electron chi connectivity index (χ3n) is 20.4. The van der Waals surface area contributed by atoms with Crippen molar-refractivity contribution in [1.82, 2.24) is 0 Å². The van der Waals surface area contributed by atoms with Gasteiger partial charge in [0, 0.05) is 113 Å². The van der Waals surface area contributed by atoms with Crippen molar-refractivity contribution in [2.24, 2.45) is 0 Å². The number of fused-ring (bicyclic) bond motifs is 21. The number of aryl methyl sites for hydroxylation is 7. The lowest BCUT2D eigenvalue weighted by Gasteiger charge is -2.03. The Kier molecular flexibility index (Phi) is 20.1. The van der Waals surface area contributed by atoms with Gasteiger partial charge in [-0.2, -0.15) is 0 Å². The summed E-state index contributed by atoms with van der Waals surface area (Å²) in [5, 5.41) is 18.3. The summed E-state index contributed by atoms with van der Waals surface area (Å²) in [6, 6.07) is 121. The highest BCUT2D eigenvalue weighted by molar-refractivity contribution is 7.27. The summed E-state index contributed by atoms with van der Waals surface area (Å²) < 4.78 is 28.6. The van der Waals surface area contributed by atoms with Crippen LogP contribution in [-0.2, 0) is 0 Å². The van der Waals surface area contributed by atoms with E-state index in [1.807, 2.05) is 99.9 Å². The SMILES string of the molecule is Cc1ccc(-c2ccc3oc4ccccc4c3c2)cc1.Cc1ccc2c(c1)sc1ccccc12.Cc1ccc2sc3ccccc3c2c1.Cc1cccc(-c2ccc3oc4ccccc4c3c2)c1.Cc1cccc2c1sc1ccccc12.Cc1cccc2oc3ccccc3c12.Cc1cccc2sc3ccccc3c12.